The van der Waals surface area contributed by atoms with E-state index in [2.05, 4.69) is 15.7 Å². The molecule has 0 spiro atoms. The predicted molar refractivity (Wildman–Crippen MR) is 106 cm³/mol. The molecule has 4 rings (SSSR count). The van der Waals surface area contributed by atoms with Crippen molar-refractivity contribution in [2.45, 2.75) is 44.9 Å². The van der Waals surface area contributed by atoms with Gasteiger partial charge in [-0.15, -0.1) is 0 Å². The highest BCUT2D eigenvalue weighted by Crippen LogP contribution is 2.30. The summed E-state index contributed by atoms with van der Waals surface area (Å²) >= 11 is 0. The minimum Gasteiger partial charge on any atom is -0.378 e. The number of aryl methyl sites for hydroxylation is 1. The first-order valence-corrected chi connectivity index (χ1v) is 9.78. The predicted octanol–water partition coefficient (Wildman–Crippen LogP) is 0.605. The minimum atomic E-state index is -0.603. The van der Waals surface area contributed by atoms with Crippen LogP contribution in [0.4, 0.5) is 5.69 Å². The SMILES string of the molecule is NCCCn1cc(NCc2cccc3c2CN(C2CCC(=O)NC2=O)C3=O)cn1. The average Bonchev–Trinajstić information content (AvgIpc) is 3.30. The Hall–Kier alpha value is -3.20. The smallest absolute Gasteiger partial charge is 0.255 e. The van der Waals surface area contributed by atoms with Crippen molar-refractivity contribution in [1.82, 2.24) is 20.0 Å². The first kappa shape index (κ1) is 19.1. The maximum Gasteiger partial charge on any atom is 0.255 e. The molecular weight excluding hydrogens is 372 g/mol. The third-order valence-corrected chi connectivity index (χ3v) is 5.39. The van der Waals surface area contributed by atoms with E-state index in [-0.39, 0.29) is 18.2 Å². The van der Waals surface area contributed by atoms with Gasteiger partial charge in [0.2, 0.25) is 11.8 Å². The standard InChI is InChI=1S/C20H24N6O3/c21-7-2-8-25-11-14(10-23-25)22-9-13-3-1-4-15-16(13)12-26(20(15)29)17-5-6-18(27)24-19(17)28/h1,3-4,10-11,17,22H,2,5-9,12,21H2,(H,24,27,28). The van der Waals surface area contributed by atoms with E-state index < -0.39 is 11.9 Å². The van der Waals surface area contributed by atoms with Gasteiger partial charge in [0.25, 0.3) is 5.91 Å². The molecule has 0 aliphatic carbocycles. The van der Waals surface area contributed by atoms with Crippen LogP contribution in [0.3, 0.4) is 0 Å². The number of nitrogens with one attached hydrogen (secondary N) is 2. The molecule has 0 bridgehead atoms. The Morgan fingerprint density at radius 1 is 1.28 bits per heavy atom. The molecule has 3 heterocycles. The van der Waals surface area contributed by atoms with Crippen LogP contribution in [0.25, 0.3) is 0 Å². The van der Waals surface area contributed by atoms with Crippen molar-refractivity contribution >= 4 is 23.4 Å². The fourth-order valence-corrected chi connectivity index (χ4v) is 3.84. The van der Waals surface area contributed by atoms with E-state index in [0.29, 0.717) is 31.6 Å². The molecular formula is C20H24N6O3. The molecule has 29 heavy (non-hydrogen) atoms. The lowest BCUT2D eigenvalue weighted by Crippen LogP contribution is -2.52. The van der Waals surface area contributed by atoms with Crippen LogP contribution in [0.15, 0.2) is 30.6 Å². The van der Waals surface area contributed by atoms with E-state index in [4.69, 9.17) is 5.73 Å². The summed E-state index contributed by atoms with van der Waals surface area (Å²) in [7, 11) is 0. The van der Waals surface area contributed by atoms with E-state index >= 15 is 0 Å². The van der Waals surface area contributed by atoms with Gasteiger partial charge < -0.3 is 16.0 Å². The molecule has 1 aromatic heterocycles. The molecule has 9 nitrogen and oxygen atoms in total. The van der Waals surface area contributed by atoms with E-state index in [1.165, 1.54) is 0 Å². The number of carbonyl (C=O) groups excluding carboxylic acids is 3. The molecule has 1 saturated heterocycles. The zero-order valence-corrected chi connectivity index (χ0v) is 16.1. The number of carbonyl (C=O) groups is 3. The molecule has 2 aliphatic heterocycles. The van der Waals surface area contributed by atoms with Gasteiger partial charge in [0.1, 0.15) is 6.04 Å². The number of rotatable bonds is 7. The van der Waals surface area contributed by atoms with Crippen LogP contribution in [0.5, 0.6) is 0 Å². The van der Waals surface area contributed by atoms with E-state index in [1.807, 2.05) is 23.0 Å². The molecule has 0 radical (unpaired) electrons. The van der Waals surface area contributed by atoms with Crippen molar-refractivity contribution in [3.8, 4) is 0 Å². The average molecular weight is 396 g/mol. The summed E-state index contributed by atoms with van der Waals surface area (Å²) in [4.78, 5) is 38.1. The number of hydrogen-bond donors (Lipinski definition) is 3. The van der Waals surface area contributed by atoms with Gasteiger partial charge in [-0.05, 0) is 36.6 Å². The Morgan fingerprint density at radius 2 is 2.14 bits per heavy atom. The van der Waals surface area contributed by atoms with Gasteiger partial charge in [0, 0.05) is 37.8 Å². The zero-order chi connectivity index (χ0) is 20.4. The summed E-state index contributed by atoms with van der Waals surface area (Å²) < 4.78 is 1.85. The monoisotopic (exact) mass is 396 g/mol. The van der Waals surface area contributed by atoms with Crippen LogP contribution in [-0.2, 0) is 29.2 Å². The van der Waals surface area contributed by atoms with Crippen molar-refractivity contribution in [2.24, 2.45) is 5.73 Å². The third kappa shape index (κ3) is 3.86. The largest absolute Gasteiger partial charge is 0.378 e. The van der Waals surface area contributed by atoms with Gasteiger partial charge in [-0.2, -0.15) is 5.10 Å². The minimum absolute atomic E-state index is 0.161. The van der Waals surface area contributed by atoms with Crippen LogP contribution < -0.4 is 16.4 Å². The van der Waals surface area contributed by atoms with Crippen LogP contribution in [0.2, 0.25) is 0 Å². The van der Waals surface area contributed by atoms with Crippen molar-refractivity contribution < 1.29 is 14.4 Å². The first-order valence-electron chi connectivity index (χ1n) is 9.78. The molecule has 9 heteroatoms. The number of piperidine rings is 1. The second kappa shape index (κ2) is 8.04. The molecule has 1 atom stereocenters. The highest BCUT2D eigenvalue weighted by atomic mass is 16.2. The fraction of sp³-hybridized carbons (Fsp3) is 0.400. The summed E-state index contributed by atoms with van der Waals surface area (Å²) in [6.07, 6.45) is 5.17. The molecule has 2 aromatic rings. The number of imide groups is 1. The van der Waals surface area contributed by atoms with E-state index in [1.54, 1.807) is 17.2 Å². The first-order chi connectivity index (χ1) is 14.1. The van der Waals surface area contributed by atoms with Crippen LogP contribution in [-0.4, -0.2) is 45.0 Å². The number of amides is 3. The Kier molecular flexibility index (Phi) is 5.30. The molecule has 152 valence electrons. The lowest BCUT2D eigenvalue weighted by Gasteiger charge is -2.29. The number of fused-ring (bicyclic) bond motifs is 1. The number of nitrogens with zero attached hydrogens (tertiary/aromatic N) is 3. The summed E-state index contributed by atoms with van der Waals surface area (Å²) in [5, 5.41) is 9.98. The van der Waals surface area contributed by atoms with Gasteiger partial charge in [0.05, 0.1) is 11.9 Å². The summed E-state index contributed by atoms with van der Waals surface area (Å²) in [6.45, 7) is 2.31. The van der Waals surface area contributed by atoms with E-state index in [9.17, 15) is 14.4 Å². The molecule has 1 unspecified atom stereocenters. The second-order valence-corrected chi connectivity index (χ2v) is 7.33. The van der Waals surface area contributed by atoms with Crippen LogP contribution >= 0.6 is 0 Å². The normalized spacial score (nSPS) is 18.7. The quantitative estimate of drug-likeness (QED) is 0.589. The highest BCUT2D eigenvalue weighted by molar-refractivity contribution is 6.05. The maximum atomic E-state index is 12.9. The van der Waals surface area contributed by atoms with Gasteiger partial charge in [-0.25, -0.2) is 0 Å². The fourth-order valence-electron chi connectivity index (χ4n) is 3.84. The molecule has 1 aromatic carbocycles. The second-order valence-electron chi connectivity index (χ2n) is 7.33. The van der Waals surface area contributed by atoms with Crippen molar-refractivity contribution in [3.05, 3.63) is 47.3 Å². The highest BCUT2D eigenvalue weighted by Gasteiger charge is 2.39. The lowest BCUT2D eigenvalue weighted by molar-refractivity contribution is -0.136. The van der Waals surface area contributed by atoms with Gasteiger partial charge in [-0.3, -0.25) is 24.4 Å². The Morgan fingerprint density at radius 3 is 2.93 bits per heavy atom. The molecule has 1 fully saturated rings. The summed E-state index contributed by atoms with van der Waals surface area (Å²) in [6, 6.07) is 5.02. The Bertz CT molecular complexity index is 953. The zero-order valence-electron chi connectivity index (χ0n) is 16.1. The number of anilines is 1. The molecule has 0 saturated carbocycles. The molecule has 4 N–H and O–H groups in total. The van der Waals surface area contributed by atoms with Gasteiger partial charge >= 0.3 is 0 Å². The number of aromatic nitrogens is 2. The van der Waals surface area contributed by atoms with Crippen LogP contribution in [0.1, 0.15) is 40.7 Å². The third-order valence-electron chi connectivity index (χ3n) is 5.39. The van der Waals surface area contributed by atoms with E-state index in [0.717, 1.165) is 29.8 Å². The van der Waals surface area contributed by atoms with Crippen molar-refractivity contribution in [1.29, 1.82) is 0 Å². The van der Waals surface area contributed by atoms with Gasteiger partial charge in [-0.1, -0.05) is 12.1 Å². The number of benzene rings is 1. The molecule has 3 amide bonds. The van der Waals surface area contributed by atoms with Crippen molar-refractivity contribution in [2.75, 3.05) is 11.9 Å². The van der Waals surface area contributed by atoms with Crippen LogP contribution in [0, 0.1) is 0 Å². The maximum absolute atomic E-state index is 12.9. The number of nitrogens with two attached hydrogens (primary N) is 1. The Balaban J connectivity index is 1.46. The summed E-state index contributed by atoms with van der Waals surface area (Å²) in [5.74, 6) is -0.842. The Labute approximate surface area is 168 Å². The molecule has 2 aliphatic rings. The topological polar surface area (TPSA) is 122 Å². The van der Waals surface area contributed by atoms with Crippen molar-refractivity contribution in [3.63, 3.8) is 0 Å². The summed E-state index contributed by atoms with van der Waals surface area (Å²) in [5.41, 5.74) is 8.97. The lowest BCUT2D eigenvalue weighted by atomic mass is 10.0. The van der Waals surface area contributed by atoms with Gasteiger partial charge in [0.15, 0.2) is 0 Å². The number of hydrogen-bond acceptors (Lipinski definition) is 6.